The minimum atomic E-state index is -0.123. The first-order valence-corrected chi connectivity index (χ1v) is 10.9. The van der Waals surface area contributed by atoms with E-state index in [-0.39, 0.29) is 11.4 Å². The van der Waals surface area contributed by atoms with E-state index in [1.165, 1.54) is 38.5 Å². The topological polar surface area (TPSA) is 46.5 Å². The number of benzene rings is 1. The maximum Gasteiger partial charge on any atom is 0.306 e. The molecule has 0 spiro atoms. The van der Waals surface area contributed by atoms with E-state index in [2.05, 4.69) is 27.7 Å². The molecule has 1 rings (SSSR count). The predicted octanol–water partition coefficient (Wildman–Crippen LogP) is 6.70. The number of hydrogen-bond acceptors (Lipinski definition) is 3. The number of phenols is 1. The minimum absolute atomic E-state index is 0.0723. The van der Waals surface area contributed by atoms with Gasteiger partial charge in [-0.05, 0) is 41.9 Å². The van der Waals surface area contributed by atoms with Crippen LogP contribution in [0.15, 0.2) is 18.2 Å². The van der Waals surface area contributed by atoms with Gasteiger partial charge < -0.3 is 9.84 Å². The Morgan fingerprint density at radius 2 is 1.63 bits per heavy atom. The van der Waals surface area contributed by atoms with Crippen molar-refractivity contribution in [3.05, 3.63) is 29.3 Å². The third-order valence-electron chi connectivity index (χ3n) is 5.55. The highest BCUT2D eigenvalue weighted by molar-refractivity contribution is 5.69. The van der Waals surface area contributed by atoms with Crippen LogP contribution < -0.4 is 0 Å². The van der Waals surface area contributed by atoms with Gasteiger partial charge in [-0.15, -0.1) is 0 Å². The molecule has 0 aliphatic rings. The second-order valence-electron chi connectivity index (χ2n) is 8.28. The summed E-state index contributed by atoms with van der Waals surface area (Å²) in [7, 11) is 0. The molecule has 1 aromatic rings. The lowest BCUT2D eigenvalue weighted by Gasteiger charge is -2.25. The Hall–Kier alpha value is -1.51. The summed E-state index contributed by atoms with van der Waals surface area (Å²) in [6.07, 6.45) is 12.0. The second kappa shape index (κ2) is 12.8. The number of aryl methyl sites for hydroxylation is 1. The smallest absolute Gasteiger partial charge is 0.306 e. The van der Waals surface area contributed by atoms with Crippen LogP contribution in [-0.4, -0.2) is 17.7 Å². The normalized spacial score (nSPS) is 11.6. The number of carbonyl (C=O) groups is 1. The van der Waals surface area contributed by atoms with Gasteiger partial charge in [0, 0.05) is 6.42 Å². The molecule has 0 amide bonds. The lowest BCUT2D eigenvalue weighted by Crippen LogP contribution is -2.16. The molecular formula is C24H40O3. The Morgan fingerprint density at radius 1 is 1.00 bits per heavy atom. The molecule has 0 aromatic heterocycles. The van der Waals surface area contributed by atoms with Crippen molar-refractivity contribution in [1.29, 1.82) is 0 Å². The van der Waals surface area contributed by atoms with Gasteiger partial charge in [0.05, 0.1) is 6.61 Å². The van der Waals surface area contributed by atoms with Crippen molar-refractivity contribution in [2.24, 2.45) is 0 Å². The molecule has 0 atom stereocenters. The number of aromatic hydroxyl groups is 1. The van der Waals surface area contributed by atoms with Crippen LogP contribution in [0, 0.1) is 0 Å². The summed E-state index contributed by atoms with van der Waals surface area (Å²) < 4.78 is 5.36. The molecule has 0 unspecified atom stereocenters. The van der Waals surface area contributed by atoms with Crippen LogP contribution in [0.5, 0.6) is 5.75 Å². The molecular weight excluding hydrogens is 336 g/mol. The van der Waals surface area contributed by atoms with E-state index in [1.54, 1.807) is 6.07 Å². The number of rotatable bonds is 14. The summed E-state index contributed by atoms with van der Waals surface area (Å²) in [5.41, 5.74) is 1.96. The third-order valence-corrected chi connectivity index (χ3v) is 5.55. The summed E-state index contributed by atoms with van der Waals surface area (Å²) in [6, 6.07) is 5.68. The van der Waals surface area contributed by atoms with Gasteiger partial charge in [-0.3, -0.25) is 4.79 Å². The maximum atomic E-state index is 12.0. The van der Waals surface area contributed by atoms with E-state index in [0.717, 1.165) is 30.4 Å². The van der Waals surface area contributed by atoms with E-state index >= 15 is 0 Å². The van der Waals surface area contributed by atoms with Crippen molar-refractivity contribution >= 4 is 5.97 Å². The molecule has 0 radical (unpaired) electrons. The fourth-order valence-electron chi connectivity index (χ4n) is 3.21. The highest BCUT2D eigenvalue weighted by Crippen LogP contribution is 2.34. The van der Waals surface area contributed by atoms with Gasteiger partial charge >= 0.3 is 5.97 Å². The average molecular weight is 377 g/mol. The van der Waals surface area contributed by atoms with Crippen molar-refractivity contribution in [2.75, 3.05) is 6.61 Å². The monoisotopic (exact) mass is 376 g/mol. The first kappa shape index (κ1) is 23.5. The SMILES string of the molecule is CCCCCCCCCCOC(=O)CCc1ccc(O)c(C(C)(C)CC)c1. The number of phenolic OH excluding ortho intramolecular Hbond substituents is 1. The number of carbonyl (C=O) groups excluding carboxylic acids is 1. The fourth-order valence-corrected chi connectivity index (χ4v) is 3.21. The molecule has 0 bridgehead atoms. The van der Waals surface area contributed by atoms with Gasteiger partial charge in [-0.25, -0.2) is 0 Å². The zero-order chi connectivity index (χ0) is 20.1. The lowest BCUT2D eigenvalue weighted by atomic mass is 9.81. The highest BCUT2D eigenvalue weighted by Gasteiger charge is 2.22. The Morgan fingerprint density at radius 3 is 2.26 bits per heavy atom. The highest BCUT2D eigenvalue weighted by atomic mass is 16.5. The van der Waals surface area contributed by atoms with Crippen molar-refractivity contribution in [3.8, 4) is 5.75 Å². The lowest BCUT2D eigenvalue weighted by molar-refractivity contribution is -0.143. The summed E-state index contributed by atoms with van der Waals surface area (Å²) in [4.78, 5) is 12.0. The zero-order valence-corrected chi connectivity index (χ0v) is 18.0. The predicted molar refractivity (Wildman–Crippen MR) is 113 cm³/mol. The summed E-state index contributed by atoms with van der Waals surface area (Å²) >= 11 is 0. The largest absolute Gasteiger partial charge is 0.508 e. The molecule has 0 saturated carbocycles. The van der Waals surface area contributed by atoms with Crippen molar-refractivity contribution in [1.82, 2.24) is 0 Å². The quantitative estimate of drug-likeness (QED) is 0.290. The van der Waals surface area contributed by atoms with E-state index < -0.39 is 0 Å². The van der Waals surface area contributed by atoms with Crippen molar-refractivity contribution < 1.29 is 14.6 Å². The number of esters is 1. The van der Waals surface area contributed by atoms with Crippen molar-refractivity contribution in [2.45, 2.75) is 104 Å². The van der Waals surface area contributed by atoms with Crippen LogP contribution in [0.25, 0.3) is 0 Å². The van der Waals surface area contributed by atoms with E-state index in [4.69, 9.17) is 4.74 Å². The Kier molecular flexibility index (Phi) is 11.2. The van der Waals surface area contributed by atoms with Crippen molar-refractivity contribution in [3.63, 3.8) is 0 Å². The van der Waals surface area contributed by atoms with E-state index in [9.17, 15) is 9.90 Å². The molecule has 0 saturated heterocycles. The van der Waals surface area contributed by atoms with Gasteiger partial charge in [0.1, 0.15) is 5.75 Å². The van der Waals surface area contributed by atoms with Crippen LogP contribution in [0.2, 0.25) is 0 Å². The molecule has 1 N–H and O–H groups in total. The number of hydrogen-bond donors (Lipinski definition) is 1. The molecule has 154 valence electrons. The molecule has 3 heteroatoms. The molecule has 0 aliphatic heterocycles. The maximum absolute atomic E-state index is 12.0. The van der Waals surface area contributed by atoms with Crippen LogP contribution >= 0.6 is 0 Å². The minimum Gasteiger partial charge on any atom is -0.508 e. The number of ether oxygens (including phenoxy) is 1. The Balaban J connectivity index is 2.24. The molecule has 0 fully saturated rings. The fraction of sp³-hybridized carbons (Fsp3) is 0.708. The van der Waals surface area contributed by atoms with Crippen LogP contribution in [-0.2, 0) is 21.4 Å². The Labute approximate surface area is 166 Å². The van der Waals surface area contributed by atoms with Crippen LogP contribution in [0.4, 0.5) is 0 Å². The first-order valence-electron chi connectivity index (χ1n) is 10.9. The second-order valence-corrected chi connectivity index (χ2v) is 8.28. The van der Waals surface area contributed by atoms with Crippen LogP contribution in [0.1, 0.15) is 103 Å². The Bertz CT molecular complexity index is 549. The van der Waals surface area contributed by atoms with Gasteiger partial charge in [0.2, 0.25) is 0 Å². The van der Waals surface area contributed by atoms with Gasteiger partial charge in [0.25, 0.3) is 0 Å². The molecule has 1 aromatic carbocycles. The number of unbranched alkanes of at least 4 members (excludes halogenated alkanes) is 7. The standard InChI is InChI=1S/C24H40O3/c1-5-7-8-9-10-11-12-13-18-27-23(26)17-15-20-14-16-22(25)21(19-20)24(3,4)6-2/h14,16,19,25H,5-13,15,17-18H2,1-4H3. The third kappa shape index (κ3) is 9.30. The molecule has 0 heterocycles. The summed E-state index contributed by atoms with van der Waals surface area (Å²) in [5.74, 6) is 0.213. The van der Waals surface area contributed by atoms with Gasteiger partial charge in [-0.2, -0.15) is 0 Å². The van der Waals surface area contributed by atoms with E-state index in [0.29, 0.717) is 25.2 Å². The van der Waals surface area contributed by atoms with Crippen LogP contribution in [0.3, 0.4) is 0 Å². The first-order chi connectivity index (χ1) is 12.9. The van der Waals surface area contributed by atoms with E-state index in [1.807, 2.05) is 12.1 Å². The summed E-state index contributed by atoms with van der Waals surface area (Å²) in [6.45, 7) is 9.15. The zero-order valence-electron chi connectivity index (χ0n) is 18.0. The molecule has 0 aliphatic carbocycles. The van der Waals surface area contributed by atoms with Gasteiger partial charge in [0.15, 0.2) is 0 Å². The molecule has 3 nitrogen and oxygen atoms in total. The van der Waals surface area contributed by atoms with Gasteiger partial charge in [-0.1, -0.05) is 84.8 Å². The summed E-state index contributed by atoms with van der Waals surface area (Å²) in [5, 5.41) is 10.1. The average Bonchev–Trinajstić information content (AvgIpc) is 2.65. The molecule has 27 heavy (non-hydrogen) atoms.